The van der Waals surface area contributed by atoms with Gasteiger partial charge in [-0.25, -0.2) is 9.78 Å². The van der Waals surface area contributed by atoms with Crippen LogP contribution >= 0.6 is 31.9 Å². The quantitative estimate of drug-likeness (QED) is 0.371. The van der Waals surface area contributed by atoms with Crippen LogP contribution in [0.4, 0.5) is 0 Å². The monoisotopic (exact) mass is 457 g/mol. The van der Waals surface area contributed by atoms with Gasteiger partial charge in [-0.05, 0) is 24.5 Å². The third-order valence-electron chi connectivity index (χ3n) is 3.51. The number of rotatable bonds is 6. The molecule has 128 valence electrons. The van der Waals surface area contributed by atoms with Crippen molar-refractivity contribution in [1.29, 1.82) is 0 Å². The fourth-order valence-corrected chi connectivity index (χ4v) is 3.05. The van der Waals surface area contributed by atoms with Gasteiger partial charge in [-0.1, -0.05) is 62.2 Å². The van der Waals surface area contributed by atoms with Crippen molar-refractivity contribution >= 4 is 43.8 Å². The van der Waals surface area contributed by atoms with Crippen molar-refractivity contribution in [2.75, 3.05) is 13.7 Å². The lowest BCUT2D eigenvalue weighted by Gasteiger charge is -2.27. The van der Waals surface area contributed by atoms with Gasteiger partial charge in [0.05, 0.1) is 18.5 Å². The minimum atomic E-state index is -0.870. The van der Waals surface area contributed by atoms with E-state index in [1.54, 1.807) is 18.3 Å². The van der Waals surface area contributed by atoms with Crippen molar-refractivity contribution in [3.63, 3.8) is 0 Å². The van der Waals surface area contributed by atoms with Crippen molar-refractivity contribution < 1.29 is 19.1 Å². The normalized spacial score (nSPS) is 22.2. The number of alkyl halides is 2. The summed E-state index contributed by atoms with van der Waals surface area (Å²) in [5.41, 5.74) is 1.24. The van der Waals surface area contributed by atoms with Crippen LogP contribution in [0.15, 0.2) is 42.6 Å². The van der Waals surface area contributed by atoms with Gasteiger partial charge in [0.25, 0.3) is 0 Å². The van der Waals surface area contributed by atoms with Crippen LogP contribution in [-0.4, -0.2) is 39.8 Å². The zero-order chi connectivity index (χ0) is 17.6. The van der Waals surface area contributed by atoms with Gasteiger partial charge in [-0.3, -0.25) is 4.79 Å². The molecule has 1 aromatic rings. The molecule has 0 amide bonds. The Balaban J connectivity index is 1.78. The van der Waals surface area contributed by atoms with Crippen LogP contribution in [0.2, 0.25) is 0 Å². The highest BCUT2D eigenvalue weighted by Gasteiger charge is 2.41. The van der Waals surface area contributed by atoms with Crippen LogP contribution in [0.1, 0.15) is 22.5 Å². The molecule has 0 aliphatic heterocycles. The molecule has 0 radical (unpaired) electrons. The van der Waals surface area contributed by atoms with Crippen molar-refractivity contribution in [3.05, 3.63) is 53.9 Å². The number of aromatic nitrogens is 1. The molecule has 24 heavy (non-hydrogen) atoms. The van der Waals surface area contributed by atoms with Gasteiger partial charge < -0.3 is 9.47 Å². The topological polar surface area (TPSA) is 65.5 Å². The number of carbonyl (C=O) groups is 2. The SMILES string of the molecule is COC(=O)c1ccc(CCCOC(=O)C2(Br)C=CC=CC2Br)cn1. The molecule has 0 spiro atoms. The summed E-state index contributed by atoms with van der Waals surface area (Å²) >= 11 is 6.89. The third-order valence-corrected chi connectivity index (χ3v) is 6.23. The Morgan fingerprint density at radius 1 is 1.33 bits per heavy atom. The molecule has 0 bridgehead atoms. The first kappa shape index (κ1) is 18.9. The van der Waals surface area contributed by atoms with Gasteiger partial charge in [0.2, 0.25) is 0 Å². The number of halogens is 2. The number of ether oxygens (including phenoxy) is 2. The number of hydrogen-bond donors (Lipinski definition) is 0. The first-order chi connectivity index (χ1) is 11.5. The maximum Gasteiger partial charge on any atom is 0.356 e. The molecule has 0 saturated heterocycles. The summed E-state index contributed by atoms with van der Waals surface area (Å²) in [5.74, 6) is -0.791. The van der Waals surface area contributed by atoms with Crippen LogP contribution in [0.25, 0.3) is 0 Å². The van der Waals surface area contributed by atoms with E-state index in [0.29, 0.717) is 19.4 Å². The van der Waals surface area contributed by atoms with E-state index in [-0.39, 0.29) is 16.5 Å². The van der Waals surface area contributed by atoms with Crippen LogP contribution < -0.4 is 0 Å². The molecule has 0 aromatic carbocycles. The zero-order valence-corrected chi connectivity index (χ0v) is 16.2. The molecule has 1 aliphatic rings. The van der Waals surface area contributed by atoms with E-state index in [1.807, 2.05) is 24.3 Å². The first-order valence-electron chi connectivity index (χ1n) is 7.37. The summed E-state index contributed by atoms with van der Waals surface area (Å²) in [6.45, 7) is 0.308. The molecule has 0 fully saturated rings. The summed E-state index contributed by atoms with van der Waals surface area (Å²) in [6, 6.07) is 3.44. The van der Waals surface area contributed by atoms with E-state index in [9.17, 15) is 9.59 Å². The molecule has 2 unspecified atom stereocenters. The number of nitrogens with zero attached hydrogens (tertiary/aromatic N) is 1. The molecular formula is C17H17Br2NO4. The molecule has 2 rings (SSSR count). The molecular weight excluding hydrogens is 442 g/mol. The van der Waals surface area contributed by atoms with E-state index in [1.165, 1.54) is 7.11 Å². The fourth-order valence-electron chi connectivity index (χ4n) is 2.12. The molecule has 2 atom stereocenters. The van der Waals surface area contributed by atoms with E-state index in [4.69, 9.17) is 4.74 Å². The van der Waals surface area contributed by atoms with Gasteiger partial charge >= 0.3 is 11.9 Å². The van der Waals surface area contributed by atoms with Gasteiger partial charge in [-0.2, -0.15) is 0 Å². The van der Waals surface area contributed by atoms with Gasteiger partial charge in [-0.15, -0.1) is 0 Å². The Bertz CT molecular complexity index is 657. The number of allylic oxidation sites excluding steroid dienone is 3. The van der Waals surface area contributed by atoms with Crippen LogP contribution in [0.5, 0.6) is 0 Å². The molecule has 5 nitrogen and oxygen atoms in total. The zero-order valence-electron chi connectivity index (χ0n) is 13.1. The van der Waals surface area contributed by atoms with Crippen molar-refractivity contribution in [1.82, 2.24) is 4.98 Å². The summed E-state index contributed by atoms with van der Waals surface area (Å²) in [4.78, 5) is 27.4. The number of pyridine rings is 1. The predicted octanol–water partition coefficient (Wildman–Crippen LogP) is 3.37. The summed E-state index contributed by atoms with van der Waals surface area (Å²) in [5, 5.41) is 0. The van der Waals surface area contributed by atoms with Crippen molar-refractivity contribution in [2.24, 2.45) is 0 Å². The highest BCUT2D eigenvalue weighted by molar-refractivity contribution is 9.13. The van der Waals surface area contributed by atoms with Crippen molar-refractivity contribution in [2.45, 2.75) is 22.0 Å². The van der Waals surface area contributed by atoms with Crippen LogP contribution in [0, 0.1) is 0 Å². The van der Waals surface area contributed by atoms with Crippen molar-refractivity contribution in [3.8, 4) is 0 Å². The molecule has 1 aliphatic carbocycles. The first-order valence-corrected chi connectivity index (χ1v) is 9.07. The lowest BCUT2D eigenvalue weighted by atomic mass is 10.0. The lowest BCUT2D eigenvalue weighted by molar-refractivity contribution is -0.144. The Morgan fingerprint density at radius 2 is 2.12 bits per heavy atom. The summed E-state index contributed by atoms with van der Waals surface area (Å²) in [7, 11) is 1.32. The van der Waals surface area contributed by atoms with Crippen LogP contribution in [-0.2, 0) is 20.7 Å². The Morgan fingerprint density at radius 3 is 2.75 bits per heavy atom. The smallest absolute Gasteiger partial charge is 0.356 e. The minimum Gasteiger partial charge on any atom is -0.464 e. The number of methoxy groups -OCH3 is 1. The Labute approximate surface area is 157 Å². The van der Waals surface area contributed by atoms with Crippen LogP contribution in [0.3, 0.4) is 0 Å². The highest BCUT2D eigenvalue weighted by atomic mass is 79.9. The third kappa shape index (κ3) is 4.54. The van der Waals surface area contributed by atoms with Gasteiger partial charge in [0, 0.05) is 6.20 Å². The second-order valence-corrected chi connectivity index (χ2v) is 7.50. The molecule has 1 heterocycles. The molecule has 0 N–H and O–H groups in total. The maximum atomic E-state index is 12.2. The molecule has 0 saturated carbocycles. The van der Waals surface area contributed by atoms with Gasteiger partial charge in [0.15, 0.2) is 4.32 Å². The summed E-state index contributed by atoms with van der Waals surface area (Å²) in [6.07, 6.45) is 10.3. The number of esters is 2. The fraction of sp³-hybridized carbons (Fsp3) is 0.353. The average Bonchev–Trinajstić information content (AvgIpc) is 2.61. The Hall–Kier alpha value is -1.47. The summed E-state index contributed by atoms with van der Waals surface area (Å²) < 4.78 is 9.09. The van der Waals surface area contributed by atoms with E-state index in [2.05, 4.69) is 41.6 Å². The minimum absolute atomic E-state index is 0.155. The maximum absolute atomic E-state index is 12.2. The van der Waals surface area contributed by atoms with E-state index < -0.39 is 10.3 Å². The number of carbonyl (C=O) groups excluding carboxylic acids is 2. The second kappa shape index (κ2) is 8.58. The molecule has 7 heteroatoms. The second-order valence-electron chi connectivity index (χ2n) is 5.20. The standard InChI is InChI=1S/C17H17Br2NO4/c1-23-15(21)13-8-7-12(11-20-13)5-4-10-24-16(22)17(19)9-3-2-6-14(17)18/h2-3,6-9,11,14H,4-5,10H2,1H3. The number of aryl methyl sites for hydroxylation is 1. The lowest BCUT2D eigenvalue weighted by Crippen LogP contribution is -2.40. The average molecular weight is 459 g/mol. The number of hydrogen-bond acceptors (Lipinski definition) is 5. The van der Waals surface area contributed by atoms with Gasteiger partial charge in [0.1, 0.15) is 5.69 Å². The predicted molar refractivity (Wildman–Crippen MR) is 97.5 cm³/mol. The largest absolute Gasteiger partial charge is 0.464 e. The highest BCUT2D eigenvalue weighted by Crippen LogP contribution is 2.34. The van der Waals surface area contributed by atoms with E-state index >= 15 is 0 Å². The van der Waals surface area contributed by atoms with E-state index in [0.717, 1.165) is 5.56 Å². The Kier molecular flexibility index (Phi) is 6.74. The molecule has 1 aromatic heterocycles.